The summed E-state index contributed by atoms with van der Waals surface area (Å²) in [6.45, 7) is 4.60. The summed E-state index contributed by atoms with van der Waals surface area (Å²) in [6.07, 6.45) is 2.36. The molecule has 1 aromatic heterocycles. The number of benzene rings is 2. The van der Waals surface area contributed by atoms with Crippen LogP contribution in [0.1, 0.15) is 45.0 Å². The van der Waals surface area contributed by atoms with E-state index in [9.17, 15) is 9.59 Å². The molecule has 0 aliphatic carbocycles. The Bertz CT molecular complexity index is 1170. The van der Waals surface area contributed by atoms with Gasteiger partial charge in [-0.15, -0.1) is 0 Å². The van der Waals surface area contributed by atoms with Gasteiger partial charge < -0.3 is 19.7 Å². The number of methoxy groups -OCH3 is 2. The van der Waals surface area contributed by atoms with Gasteiger partial charge in [-0.25, -0.2) is 9.78 Å². The van der Waals surface area contributed by atoms with Crippen LogP contribution in [0.25, 0.3) is 10.9 Å². The van der Waals surface area contributed by atoms with Gasteiger partial charge in [0.15, 0.2) is 0 Å². The zero-order valence-electron chi connectivity index (χ0n) is 19.9. The first-order valence-corrected chi connectivity index (χ1v) is 11.2. The molecule has 1 unspecified atom stereocenters. The van der Waals surface area contributed by atoms with Gasteiger partial charge in [0.25, 0.3) is 5.56 Å². The molecule has 0 saturated carbocycles. The molecule has 176 valence electrons. The maximum Gasteiger partial charge on any atom is 0.322 e. The number of carbonyl (C=O) groups is 1. The highest BCUT2D eigenvalue weighted by Gasteiger charge is 2.28. The number of nitrogens with zero attached hydrogens (tertiary/aromatic N) is 3. The van der Waals surface area contributed by atoms with Gasteiger partial charge in [-0.3, -0.25) is 9.36 Å². The van der Waals surface area contributed by atoms with Crippen LogP contribution in [0, 0.1) is 0 Å². The second-order valence-electron chi connectivity index (χ2n) is 7.82. The normalized spacial score (nSPS) is 11.8. The van der Waals surface area contributed by atoms with Gasteiger partial charge in [-0.2, -0.15) is 0 Å². The third kappa shape index (κ3) is 5.10. The maximum absolute atomic E-state index is 13.5. The summed E-state index contributed by atoms with van der Waals surface area (Å²) in [5, 5.41) is 3.53. The Morgan fingerprint density at radius 2 is 1.91 bits per heavy atom. The standard InChI is InChI=1S/C25H32N4O4/c1-6-8-15-29(25(31)27-20-14-13-17(32-4)16-22(20)33-5)21(7-2)23-26-19-12-10-9-11-18(19)24(30)28(23)3/h9-14,16,21H,6-8,15H2,1-5H3,(H,27,31). The highest BCUT2D eigenvalue weighted by molar-refractivity contribution is 5.91. The minimum atomic E-state index is -0.372. The lowest BCUT2D eigenvalue weighted by Crippen LogP contribution is -2.41. The molecule has 2 amide bonds. The van der Waals surface area contributed by atoms with Crippen molar-refractivity contribution < 1.29 is 14.3 Å². The SMILES string of the molecule is CCCCN(C(=O)Nc1ccc(OC)cc1OC)C(CC)c1nc2ccccc2c(=O)n1C. The summed E-state index contributed by atoms with van der Waals surface area (Å²) in [4.78, 5) is 33.0. The summed E-state index contributed by atoms with van der Waals surface area (Å²) in [5.41, 5.74) is 1.04. The van der Waals surface area contributed by atoms with Gasteiger partial charge in [0.2, 0.25) is 0 Å². The molecule has 2 aromatic carbocycles. The first-order valence-electron chi connectivity index (χ1n) is 11.2. The second kappa shape index (κ2) is 10.8. The zero-order valence-corrected chi connectivity index (χ0v) is 19.9. The predicted octanol–water partition coefficient (Wildman–Crippen LogP) is 4.74. The Hall–Kier alpha value is -3.55. The third-order valence-corrected chi connectivity index (χ3v) is 5.74. The molecule has 0 aliphatic rings. The molecule has 0 bridgehead atoms. The van der Waals surface area contributed by atoms with Crippen LogP contribution in [0.3, 0.4) is 0 Å². The van der Waals surface area contributed by atoms with E-state index in [1.165, 1.54) is 0 Å². The first-order chi connectivity index (χ1) is 15.9. The van der Waals surface area contributed by atoms with Crippen LogP contribution in [-0.4, -0.2) is 41.2 Å². The number of aromatic nitrogens is 2. The minimum absolute atomic E-state index is 0.123. The number of ether oxygens (including phenoxy) is 2. The van der Waals surface area contributed by atoms with Crippen LogP contribution >= 0.6 is 0 Å². The topological polar surface area (TPSA) is 85.7 Å². The van der Waals surface area contributed by atoms with E-state index in [0.29, 0.717) is 46.9 Å². The van der Waals surface area contributed by atoms with Crippen molar-refractivity contribution in [3.05, 3.63) is 58.6 Å². The van der Waals surface area contributed by atoms with Crippen molar-refractivity contribution in [2.45, 2.75) is 39.2 Å². The summed E-state index contributed by atoms with van der Waals surface area (Å²) >= 11 is 0. The Balaban J connectivity index is 2.01. The Labute approximate surface area is 194 Å². The van der Waals surface area contributed by atoms with Crippen molar-refractivity contribution in [3.8, 4) is 11.5 Å². The van der Waals surface area contributed by atoms with Crippen LogP contribution in [-0.2, 0) is 7.05 Å². The van der Waals surface area contributed by atoms with Crippen molar-refractivity contribution in [3.63, 3.8) is 0 Å². The Kier molecular flexibility index (Phi) is 7.92. The molecule has 8 heteroatoms. The summed E-state index contributed by atoms with van der Waals surface area (Å²) in [5.74, 6) is 1.70. The largest absolute Gasteiger partial charge is 0.497 e. The Morgan fingerprint density at radius 3 is 2.58 bits per heavy atom. The van der Waals surface area contributed by atoms with Crippen molar-refractivity contribution in [1.29, 1.82) is 0 Å². The molecule has 1 N–H and O–H groups in total. The number of unbranched alkanes of at least 4 members (excludes halogenated alkanes) is 1. The van der Waals surface area contributed by atoms with Crippen LogP contribution in [0.15, 0.2) is 47.3 Å². The fourth-order valence-corrected chi connectivity index (χ4v) is 3.89. The molecule has 3 rings (SSSR count). The quantitative estimate of drug-likeness (QED) is 0.507. The number of amides is 2. The molecule has 1 heterocycles. The number of fused-ring (bicyclic) bond motifs is 1. The van der Waals surface area contributed by atoms with Gasteiger partial charge >= 0.3 is 6.03 Å². The van der Waals surface area contributed by atoms with Crippen LogP contribution in [0.4, 0.5) is 10.5 Å². The first kappa shape index (κ1) is 24.1. The van der Waals surface area contributed by atoms with Crippen molar-refractivity contribution in [2.24, 2.45) is 7.05 Å². The molecule has 0 spiro atoms. The monoisotopic (exact) mass is 452 g/mol. The molecule has 33 heavy (non-hydrogen) atoms. The molecular weight excluding hydrogens is 420 g/mol. The molecular formula is C25H32N4O4. The molecule has 0 radical (unpaired) electrons. The molecule has 0 aliphatic heterocycles. The van der Waals surface area contributed by atoms with E-state index < -0.39 is 0 Å². The van der Waals surface area contributed by atoms with Gasteiger partial charge in [0, 0.05) is 19.7 Å². The number of carbonyl (C=O) groups excluding carboxylic acids is 1. The van der Waals surface area contributed by atoms with Crippen molar-refractivity contribution in [1.82, 2.24) is 14.5 Å². The lowest BCUT2D eigenvalue weighted by atomic mass is 10.1. The smallest absolute Gasteiger partial charge is 0.322 e. The summed E-state index contributed by atoms with van der Waals surface area (Å²) in [7, 11) is 4.83. The average Bonchev–Trinajstić information content (AvgIpc) is 2.84. The van der Waals surface area contributed by atoms with Crippen molar-refractivity contribution in [2.75, 3.05) is 26.1 Å². The number of anilines is 1. The van der Waals surface area contributed by atoms with E-state index >= 15 is 0 Å². The predicted molar refractivity (Wildman–Crippen MR) is 130 cm³/mol. The molecule has 1 atom stereocenters. The fraction of sp³-hybridized carbons (Fsp3) is 0.400. The Morgan fingerprint density at radius 1 is 1.15 bits per heavy atom. The fourth-order valence-electron chi connectivity index (χ4n) is 3.89. The van der Waals surface area contributed by atoms with Gasteiger partial charge in [0.05, 0.1) is 36.9 Å². The van der Waals surface area contributed by atoms with Gasteiger partial charge in [-0.05, 0) is 37.1 Å². The summed E-state index contributed by atoms with van der Waals surface area (Å²) < 4.78 is 12.2. The molecule has 8 nitrogen and oxygen atoms in total. The second-order valence-corrected chi connectivity index (χ2v) is 7.82. The number of para-hydroxylation sites is 1. The van der Waals surface area contributed by atoms with Gasteiger partial charge in [0.1, 0.15) is 17.3 Å². The lowest BCUT2D eigenvalue weighted by Gasteiger charge is -2.32. The number of hydrogen-bond acceptors (Lipinski definition) is 5. The van der Waals surface area contributed by atoms with E-state index in [1.54, 1.807) is 55.0 Å². The maximum atomic E-state index is 13.5. The zero-order chi connectivity index (χ0) is 24.0. The van der Waals surface area contributed by atoms with E-state index in [-0.39, 0.29) is 17.6 Å². The van der Waals surface area contributed by atoms with E-state index in [2.05, 4.69) is 12.2 Å². The van der Waals surface area contributed by atoms with Crippen LogP contribution in [0.2, 0.25) is 0 Å². The van der Waals surface area contributed by atoms with Crippen LogP contribution < -0.4 is 20.3 Å². The summed E-state index contributed by atoms with van der Waals surface area (Å²) in [6, 6.07) is 11.9. The van der Waals surface area contributed by atoms with E-state index in [0.717, 1.165) is 12.8 Å². The molecule has 0 fully saturated rings. The van der Waals surface area contributed by atoms with E-state index in [4.69, 9.17) is 14.5 Å². The lowest BCUT2D eigenvalue weighted by molar-refractivity contribution is 0.179. The highest BCUT2D eigenvalue weighted by Crippen LogP contribution is 2.31. The number of urea groups is 1. The number of nitrogens with one attached hydrogen (secondary N) is 1. The average molecular weight is 453 g/mol. The van der Waals surface area contributed by atoms with Crippen molar-refractivity contribution >= 4 is 22.6 Å². The van der Waals surface area contributed by atoms with Gasteiger partial charge in [-0.1, -0.05) is 32.4 Å². The van der Waals surface area contributed by atoms with E-state index in [1.807, 2.05) is 25.1 Å². The minimum Gasteiger partial charge on any atom is -0.497 e. The third-order valence-electron chi connectivity index (χ3n) is 5.74. The highest BCUT2D eigenvalue weighted by atomic mass is 16.5. The molecule has 0 saturated heterocycles. The molecule has 3 aromatic rings. The number of rotatable bonds is 9. The van der Waals surface area contributed by atoms with Crippen LogP contribution in [0.5, 0.6) is 11.5 Å². The number of hydrogen-bond donors (Lipinski definition) is 1.